The summed E-state index contributed by atoms with van der Waals surface area (Å²) < 4.78 is 46.4. The number of benzene rings is 1. The first kappa shape index (κ1) is 23.6. The van der Waals surface area contributed by atoms with Gasteiger partial charge in [0.05, 0.1) is 15.9 Å². The van der Waals surface area contributed by atoms with E-state index in [0.717, 1.165) is 18.8 Å². The summed E-state index contributed by atoms with van der Waals surface area (Å²) in [6, 6.07) is 7.54. The number of nitrogens with zero attached hydrogens (tertiary/aromatic N) is 3. The molecule has 0 fully saturated rings. The monoisotopic (exact) mass is 531 g/mol. The maximum atomic E-state index is 13.1. The summed E-state index contributed by atoms with van der Waals surface area (Å²) in [5.41, 5.74) is -3.73. The molecule has 3 rings (SSSR count). The van der Waals surface area contributed by atoms with Gasteiger partial charge in [0, 0.05) is 25.4 Å². The van der Waals surface area contributed by atoms with Crippen molar-refractivity contribution in [2.45, 2.75) is 11.2 Å². The minimum absolute atomic E-state index is 0.0221. The topological polar surface area (TPSA) is 103 Å². The van der Waals surface area contributed by atoms with Gasteiger partial charge in [-0.1, -0.05) is 11.8 Å². The molecule has 0 saturated heterocycles. The number of carboxylic acids is 1. The van der Waals surface area contributed by atoms with Crippen molar-refractivity contribution < 1.29 is 27.8 Å². The van der Waals surface area contributed by atoms with Crippen LogP contribution in [0.3, 0.4) is 0 Å². The Bertz CT molecular complexity index is 1310. The number of pyridine rings is 1. The molecule has 2 heterocycles. The molecular formula is C19H13BrF3N3O5S. The lowest BCUT2D eigenvalue weighted by Crippen LogP contribution is -2.40. The maximum Gasteiger partial charge on any atom is 0.431 e. The van der Waals surface area contributed by atoms with Gasteiger partial charge >= 0.3 is 17.8 Å². The number of thioether (sulfide) groups is 1. The maximum absolute atomic E-state index is 13.1. The molecule has 0 amide bonds. The average Bonchev–Trinajstić information content (AvgIpc) is 2.71. The average molecular weight is 532 g/mol. The Hall–Kier alpha value is -3.06. The Morgan fingerprint density at radius 1 is 1.22 bits per heavy atom. The Labute approximate surface area is 190 Å². The summed E-state index contributed by atoms with van der Waals surface area (Å²) in [5, 5.41) is 9.16. The molecule has 0 aliphatic heterocycles. The predicted octanol–water partition coefficient (Wildman–Crippen LogP) is 3.68. The van der Waals surface area contributed by atoms with Gasteiger partial charge in [-0.25, -0.2) is 14.3 Å². The van der Waals surface area contributed by atoms with Crippen LogP contribution < -0.4 is 16.0 Å². The van der Waals surface area contributed by atoms with Crippen molar-refractivity contribution >= 4 is 33.7 Å². The summed E-state index contributed by atoms with van der Waals surface area (Å²) in [6.45, 7) is 0. The van der Waals surface area contributed by atoms with Gasteiger partial charge in [0.25, 0.3) is 5.56 Å². The molecule has 0 spiro atoms. The van der Waals surface area contributed by atoms with E-state index in [1.807, 2.05) is 0 Å². The zero-order valence-corrected chi connectivity index (χ0v) is 18.5. The van der Waals surface area contributed by atoms with Crippen molar-refractivity contribution in [3.63, 3.8) is 0 Å². The quantitative estimate of drug-likeness (QED) is 0.484. The fourth-order valence-corrected chi connectivity index (χ4v) is 3.63. The van der Waals surface area contributed by atoms with Crippen LogP contribution in [0, 0.1) is 0 Å². The van der Waals surface area contributed by atoms with E-state index < -0.39 is 29.1 Å². The van der Waals surface area contributed by atoms with Crippen LogP contribution in [0.15, 0.2) is 61.7 Å². The third kappa shape index (κ3) is 5.05. The fourth-order valence-electron chi connectivity index (χ4n) is 2.66. The van der Waals surface area contributed by atoms with Crippen molar-refractivity contribution in [1.82, 2.24) is 14.1 Å². The number of ether oxygens (including phenoxy) is 1. The first-order valence-corrected chi connectivity index (χ1v) is 10.4. The molecule has 8 nitrogen and oxygen atoms in total. The number of hydrogen-bond donors (Lipinski definition) is 1. The number of carbonyl (C=O) groups is 1. The lowest BCUT2D eigenvalue weighted by atomic mass is 10.3. The first-order chi connectivity index (χ1) is 15.0. The Kier molecular flexibility index (Phi) is 6.79. The third-order valence-electron chi connectivity index (χ3n) is 4.07. The summed E-state index contributed by atoms with van der Waals surface area (Å²) in [5.74, 6) is -0.968. The highest BCUT2D eigenvalue weighted by Crippen LogP contribution is 2.35. The predicted molar refractivity (Wildman–Crippen MR) is 113 cm³/mol. The number of carboxylic acid groups (broad SMARTS) is 1. The summed E-state index contributed by atoms with van der Waals surface area (Å²) >= 11 is 4.20. The van der Waals surface area contributed by atoms with Crippen molar-refractivity contribution in [3.05, 3.63) is 73.6 Å². The molecule has 0 atom stereocenters. The van der Waals surface area contributed by atoms with Gasteiger partial charge in [-0.2, -0.15) is 13.2 Å². The molecule has 0 saturated carbocycles. The molecule has 0 aliphatic rings. The van der Waals surface area contributed by atoms with Crippen LogP contribution in [0.2, 0.25) is 0 Å². The van der Waals surface area contributed by atoms with Gasteiger partial charge in [0.2, 0.25) is 0 Å². The van der Waals surface area contributed by atoms with E-state index in [1.165, 1.54) is 24.4 Å². The fraction of sp³-hybridized carbons (Fsp3) is 0.158. The Balaban J connectivity index is 2.05. The highest BCUT2D eigenvalue weighted by atomic mass is 79.9. The van der Waals surface area contributed by atoms with Crippen molar-refractivity contribution in [1.29, 1.82) is 0 Å². The highest BCUT2D eigenvalue weighted by molar-refractivity contribution is 9.10. The molecule has 32 heavy (non-hydrogen) atoms. The summed E-state index contributed by atoms with van der Waals surface area (Å²) in [7, 11) is 0.916. The van der Waals surface area contributed by atoms with Crippen LogP contribution in [0.5, 0.6) is 11.5 Å². The van der Waals surface area contributed by atoms with E-state index in [0.29, 0.717) is 19.7 Å². The van der Waals surface area contributed by atoms with Gasteiger partial charge in [-0.05, 0) is 40.2 Å². The minimum Gasteiger partial charge on any atom is -0.481 e. The van der Waals surface area contributed by atoms with Crippen LogP contribution in [0.1, 0.15) is 5.69 Å². The van der Waals surface area contributed by atoms with Crippen molar-refractivity contribution in [2.75, 3.05) is 5.75 Å². The second kappa shape index (κ2) is 9.20. The van der Waals surface area contributed by atoms with E-state index in [9.17, 15) is 27.6 Å². The molecule has 2 aromatic heterocycles. The van der Waals surface area contributed by atoms with E-state index in [2.05, 4.69) is 20.9 Å². The van der Waals surface area contributed by atoms with Gasteiger partial charge in [0.15, 0.2) is 5.75 Å². The van der Waals surface area contributed by atoms with Crippen LogP contribution in [-0.2, 0) is 18.0 Å². The number of rotatable bonds is 6. The van der Waals surface area contributed by atoms with E-state index >= 15 is 0 Å². The molecule has 0 aliphatic carbocycles. The molecule has 0 radical (unpaired) electrons. The molecule has 0 bridgehead atoms. The Morgan fingerprint density at radius 2 is 1.94 bits per heavy atom. The standard InChI is InChI=1S/C19H13BrF3N3O5S/c1-25-14(19(21,22)23)8-15(27)26(18(25)30)10-4-5-11(20)13(7-10)31-12-3-2-6-24-17(12)32-9-16(28)29/h2-8H,9H2,1H3,(H,28,29). The van der Waals surface area contributed by atoms with Gasteiger partial charge in [-0.3, -0.25) is 14.2 Å². The molecule has 3 aromatic rings. The minimum atomic E-state index is -4.87. The zero-order valence-electron chi connectivity index (χ0n) is 16.1. The molecule has 13 heteroatoms. The van der Waals surface area contributed by atoms with Crippen LogP contribution in [0.4, 0.5) is 13.2 Å². The van der Waals surface area contributed by atoms with E-state index in [-0.39, 0.29) is 28.0 Å². The normalized spacial score (nSPS) is 11.4. The number of hydrogen-bond acceptors (Lipinski definition) is 6. The number of aliphatic carboxylic acids is 1. The molecular weight excluding hydrogens is 519 g/mol. The van der Waals surface area contributed by atoms with Crippen LogP contribution in [-0.4, -0.2) is 30.9 Å². The van der Waals surface area contributed by atoms with Crippen LogP contribution >= 0.6 is 27.7 Å². The van der Waals surface area contributed by atoms with Crippen molar-refractivity contribution in [3.8, 4) is 17.2 Å². The SMILES string of the molecule is Cn1c(C(F)(F)F)cc(=O)n(-c2ccc(Br)c(Oc3cccnc3SCC(=O)O)c2)c1=O. The van der Waals surface area contributed by atoms with Crippen LogP contribution in [0.25, 0.3) is 5.69 Å². The van der Waals surface area contributed by atoms with Gasteiger partial charge in [0.1, 0.15) is 16.5 Å². The smallest absolute Gasteiger partial charge is 0.431 e. The first-order valence-electron chi connectivity index (χ1n) is 8.66. The number of halogens is 4. The summed E-state index contributed by atoms with van der Waals surface area (Å²) in [6.07, 6.45) is -3.42. The zero-order chi connectivity index (χ0) is 23.6. The largest absolute Gasteiger partial charge is 0.481 e. The van der Waals surface area contributed by atoms with E-state index in [1.54, 1.807) is 12.1 Å². The molecule has 0 unspecified atom stereocenters. The van der Waals surface area contributed by atoms with E-state index in [4.69, 9.17) is 9.84 Å². The lowest BCUT2D eigenvalue weighted by Gasteiger charge is -2.15. The lowest BCUT2D eigenvalue weighted by molar-refractivity contribution is -0.144. The number of alkyl halides is 3. The third-order valence-corrected chi connectivity index (χ3v) is 5.70. The molecule has 1 N–H and O–H groups in total. The Morgan fingerprint density at radius 3 is 2.59 bits per heavy atom. The summed E-state index contributed by atoms with van der Waals surface area (Å²) in [4.78, 5) is 39.8. The van der Waals surface area contributed by atoms with Gasteiger partial charge < -0.3 is 9.84 Å². The van der Waals surface area contributed by atoms with Gasteiger partial charge in [-0.15, -0.1) is 0 Å². The van der Waals surface area contributed by atoms with Crippen molar-refractivity contribution in [2.24, 2.45) is 7.05 Å². The second-order valence-corrected chi connectivity index (χ2v) is 8.07. The molecule has 168 valence electrons. The molecule has 1 aromatic carbocycles. The second-order valence-electron chi connectivity index (χ2n) is 6.25. The highest BCUT2D eigenvalue weighted by Gasteiger charge is 2.35. The number of aromatic nitrogens is 3.